The van der Waals surface area contributed by atoms with Gasteiger partial charge in [0.05, 0.1) is 15.1 Å². The third-order valence-electron chi connectivity index (χ3n) is 4.27. The van der Waals surface area contributed by atoms with Gasteiger partial charge in [-0.25, -0.2) is 8.42 Å². The van der Waals surface area contributed by atoms with E-state index in [0.717, 1.165) is 27.6 Å². The molecule has 0 fully saturated rings. The number of sulfonamides is 1. The fourth-order valence-corrected chi connectivity index (χ4v) is 5.12. The Morgan fingerprint density at radius 3 is 2.54 bits per heavy atom. The van der Waals surface area contributed by atoms with Crippen molar-refractivity contribution in [2.45, 2.75) is 18.4 Å². The molecule has 0 atom stereocenters. The second-order valence-electron chi connectivity index (χ2n) is 5.91. The summed E-state index contributed by atoms with van der Waals surface area (Å²) in [7, 11) is -3.74. The van der Waals surface area contributed by atoms with Crippen molar-refractivity contribution in [2.75, 3.05) is 4.72 Å². The van der Waals surface area contributed by atoms with Crippen LogP contribution in [0.3, 0.4) is 0 Å². The maximum Gasteiger partial charge on any atom is 0.308 e. The number of hydrogen-bond acceptors (Lipinski definition) is 4. The molecule has 0 bridgehead atoms. The van der Waals surface area contributed by atoms with Gasteiger partial charge < -0.3 is 0 Å². The fraction of sp³-hybridized carbons (Fsp3) is 0.105. The van der Waals surface area contributed by atoms with Gasteiger partial charge in [0, 0.05) is 12.2 Å². The van der Waals surface area contributed by atoms with Crippen LogP contribution >= 0.6 is 11.3 Å². The number of nitrogens with one attached hydrogen (secondary N) is 1. The van der Waals surface area contributed by atoms with E-state index in [1.165, 1.54) is 6.07 Å². The van der Waals surface area contributed by atoms with Crippen LogP contribution in [0.4, 0.5) is 5.69 Å². The zero-order chi connectivity index (χ0) is 18.3. The van der Waals surface area contributed by atoms with E-state index in [-0.39, 0.29) is 9.77 Å². The topological polar surface area (TPSA) is 68.2 Å². The van der Waals surface area contributed by atoms with Crippen LogP contribution in [0.25, 0.3) is 21.0 Å². The van der Waals surface area contributed by atoms with Crippen LogP contribution in [0.1, 0.15) is 6.92 Å². The molecule has 0 saturated carbocycles. The molecule has 3 aromatic carbocycles. The highest BCUT2D eigenvalue weighted by Crippen LogP contribution is 2.25. The van der Waals surface area contributed by atoms with Gasteiger partial charge in [0.15, 0.2) is 0 Å². The van der Waals surface area contributed by atoms with E-state index < -0.39 is 10.0 Å². The van der Waals surface area contributed by atoms with Crippen molar-refractivity contribution in [1.29, 1.82) is 0 Å². The third-order valence-corrected chi connectivity index (χ3v) is 6.59. The van der Waals surface area contributed by atoms with E-state index in [1.807, 2.05) is 37.3 Å². The molecule has 26 heavy (non-hydrogen) atoms. The van der Waals surface area contributed by atoms with Gasteiger partial charge in [0.2, 0.25) is 0 Å². The van der Waals surface area contributed by atoms with Gasteiger partial charge in [-0.15, -0.1) is 0 Å². The minimum atomic E-state index is -3.74. The van der Waals surface area contributed by atoms with E-state index in [9.17, 15) is 13.2 Å². The molecule has 4 aromatic rings. The first-order valence-corrected chi connectivity index (χ1v) is 10.4. The summed E-state index contributed by atoms with van der Waals surface area (Å²) >= 11 is 1.06. The smallest absolute Gasteiger partial charge is 0.299 e. The zero-order valence-electron chi connectivity index (χ0n) is 14.0. The number of rotatable bonds is 4. The molecule has 4 rings (SSSR count). The number of aromatic nitrogens is 1. The Morgan fingerprint density at radius 2 is 1.77 bits per heavy atom. The van der Waals surface area contributed by atoms with Crippen LogP contribution in [0, 0.1) is 0 Å². The molecular weight excluding hydrogens is 368 g/mol. The molecule has 132 valence electrons. The quantitative estimate of drug-likeness (QED) is 0.577. The highest BCUT2D eigenvalue weighted by Gasteiger charge is 2.17. The summed E-state index contributed by atoms with van der Waals surface area (Å²) in [6, 6.07) is 18.0. The van der Waals surface area contributed by atoms with Crippen LogP contribution in [-0.4, -0.2) is 13.0 Å². The van der Waals surface area contributed by atoms with Gasteiger partial charge in [-0.3, -0.25) is 14.1 Å². The van der Waals surface area contributed by atoms with Crippen molar-refractivity contribution in [3.63, 3.8) is 0 Å². The van der Waals surface area contributed by atoms with E-state index in [1.54, 1.807) is 28.8 Å². The summed E-state index contributed by atoms with van der Waals surface area (Å²) in [6.07, 6.45) is 0. The van der Waals surface area contributed by atoms with Crippen LogP contribution in [-0.2, 0) is 16.6 Å². The molecule has 0 saturated heterocycles. The Balaban J connectivity index is 1.73. The van der Waals surface area contributed by atoms with Crippen molar-refractivity contribution < 1.29 is 8.42 Å². The molecule has 0 aliphatic rings. The van der Waals surface area contributed by atoms with Gasteiger partial charge in [0.25, 0.3) is 10.0 Å². The molecular formula is C19H16N2O3S2. The van der Waals surface area contributed by atoms with Crippen molar-refractivity contribution in [3.05, 3.63) is 70.3 Å². The number of hydrogen-bond donors (Lipinski definition) is 1. The first-order valence-electron chi connectivity index (χ1n) is 8.13. The minimum Gasteiger partial charge on any atom is -0.299 e. The van der Waals surface area contributed by atoms with Gasteiger partial charge in [-0.2, -0.15) is 0 Å². The molecule has 0 aliphatic heterocycles. The Labute approximate surface area is 154 Å². The van der Waals surface area contributed by atoms with Gasteiger partial charge in [0.1, 0.15) is 0 Å². The summed E-state index contributed by atoms with van der Waals surface area (Å²) in [5.74, 6) is 0. The number of thiazole rings is 1. The van der Waals surface area contributed by atoms with E-state index in [4.69, 9.17) is 0 Å². The third kappa shape index (κ3) is 2.89. The second kappa shape index (κ2) is 6.26. The lowest BCUT2D eigenvalue weighted by atomic mass is 10.1. The SMILES string of the molecule is CCn1c(=O)sc2cc(S(=O)(=O)Nc3ccc4ccccc4c3)ccc21. The van der Waals surface area contributed by atoms with Crippen LogP contribution in [0.15, 0.2) is 70.4 Å². The summed E-state index contributed by atoms with van der Waals surface area (Å²) in [5, 5.41) is 2.00. The molecule has 0 aliphatic carbocycles. The summed E-state index contributed by atoms with van der Waals surface area (Å²) < 4.78 is 30.4. The Morgan fingerprint density at radius 1 is 1.00 bits per heavy atom. The van der Waals surface area contributed by atoms with Gasteiger partial charge in [-0.05, 0) is 48.0 Å². The predicted octanol–water partition coefficient (Wildman–Crippen LogP) is 4.04. The minimum absolute atomic E-state index is 0.0838. The molecule has 1 heterocycles. The number of anilines is 1. The highest BCUT2D eigenvalue weighted by atomic mass is 32.2. The first-order chi connectivity index (χ1) is 12.5. The maximum atomic E-state index is 12.8. The lowest BCUT2D eigenvalue weighted by molar-refractivity contribution is 0.601. The number of fused-ring (bicyclic) bond motifs is 2. The van der Waals surface area contributed by atoms with E-state index in [0.29, 0.717) is 16.9 Å². The molecule has 5 nitrogen and oxygen atoms in total. The molecule has 1 N–H and O–H groups in total. The van der Waals surface area contributed by atoms with Crippen molar-refractivity contribution >= 4 is 48.0 Å². The van der Waals surface area contributed by atoms with E-state index >= 15 is 0 Å². The summed E-state index contributed by atoms with van der Waals surface area (Å²) in [5.41, 5.74) is 1.26. The number of aryl methyl sites for hydroxylation is 1. The van der Waals surface area contributed by atoms with Crippen molar-refractivity contribution in [1.82, 2.24) is 4.57 Å². The lowest BCUT2D eigenvalue weighted by Crippen LogP contribution is -2.13. The molecule has 0 radical (unpaired) electrons. The van der Waals surface area contributed by atoms with E-state index in [2.05, 4.69) is 4.72 Å². The molecule has 0 spiro atoms. The van der Waals surface area contributed by atoms with Gasteiger partial charge in [-0.1, -0.05) is 41.7 Å². The highest BCUT2D eigenvalue weighted by molar-refractivity contribution is 7.92. The average molecular weight is 384 g/mol. The fourth-order valence-electron chi connectivity index (χ4n) is 2.98. The standard InChI is InChI=1S/C19H16N2O3S2/c1-2-21-17-10-9-16(12-18(17)25-19(21)22)26(23,24)20-15-8-7-13-5-3-4-6-14(13)11-15/h3-12,20H,2H2,1H3. The molecule has 7 heteroatoms. The second-order valence-corrected chi connectivity index (χ2v) is 8.58. The first kappa shape index (κ1) is 16.8. The Bertz CT molecular complexity index is 1290. The molecule has 1 aromatic heterocycles. The zero-order valence-corrected chi connectivity index (χ0v) is 15.6. The molecule has 0 unspecified atom stereocenters. The lowest BCUT2D eigenvalue weighted by Gasteiger charge is -2.09. The van der Waals surface area contributed by atoms with Crippen LogP contribution in [0.2, 0.25) is 0 Å². The van der Waals surface area contributed by atoms with Gasteiger partial charge >= 0.3 is 4.87 Å². The predicted molar refractivity (Wildman–Crippen MR) is 107 cm³/mol. The van der Waals surface area contributed by atoms with Crippen LogP contribution < -0.4 is 9.60 Å². The Hall–Kier alpha value is -2.64. The Kier molecular flexibility index (Phi) is 4.05. The largest absolute Gasteiger partial charge is 0.308 e. The summed E-state index contributed by atoms with van der Waals surface area (Å²) in [6.45, 7) is 2.44. The maximum absolute atomic E-state index is 12.8. The van der Waals surface area contributed by atoms with Crippen molar-refractivity contribution in [3.8, 4) is 0 Å². The normalized spacial score (nSPS) is 11.9. The number of benzene rings is 3. The summed E-state index contributed by atoms with van der Waals surface area (Å²) in [4.78, 5) is 12.0. The average Bonchev–Trinajstić information content (AvgIpc) is 2.95. The van der Waals surface area contributed by atoms with Crippen LogP contribution in [0.5, 0.6) is 0 Å². The monoisotopic (exact) mass is 384 g/mol. The molecule has 0 amide bonds. The van der Waals surface area contributed by atoms with Crippen molar-refractivity contribution in [2.24, 2.45) is 0 Å². The number of nitrogens with zero attached hydrogens (tertiary/aromatic N) is 1.